The van der Waals surface area contributed by atoms with Crippen LogP contribution in [0.4, 0.5) is 20.6 Å². The molecule has 0 saturated heterocycles. The van der Waals surface area contributed by atoms with Gasteiger partial charge in [-0.15, -0.1) is 11.8 Å². The van der Waals surface area contributed by atoms with Gasteiger partial charge in [0.15, 0.2) is 0 Å². The summed E-state index contributed by atoms with van der Waals surface area (Å²) in [5.74, 6) is 0.169. The van der Waals surface area contributed by atoms with Crippen LogP contribution in [-0.4, -0.2) is 29.2 Å². The third kappa shape index (κ3) is 4.91. The number of aryl methyl sites for hydroxylation is 2. The Hall–Kier alpha value is -3.39. The normalized spacial score (nSPS) is 12.8. The second-order valence-corrected chi connectivity index (χ2v) is 8.64. The van der Waals surface area contributed by atoms with Crippen LogP contribution >= 0.6 is 11.8 Å². The zero-order chi connectivity index (χ0) is 22.7. The molecule has 0 bridgehead atoms. The fraction of sp³-hybridized carbons (Fsp3) is 0.208. The summed E-state index contributed by atoms with van der Waals surface area (Å²) in [5, 5.41) is 6.57. The number of urea groups is 1. The minimum absolute atomic E-state index is 0.260. The van der Waals surface area contributed by atoms with Gasteiger partial charge in [-0.1, -0.05) is 18.2 Å². The van der Waals surface area contributed by atoms with Crippen LogP contribution in [0.5, 0.6) is 0 Å². The van der Waals surface area contributed by atoms with Gasteiger partial charge in [-0.25, -0.2) is 14.2 Å². The summed E-state index contributed by atoms with van der Waals surface area (Å²) in [6.45, 7) is 4.78. The van der Waals surface area contributed by atoms with Gasteiger partial charge in [-0.2, -0.15) is 0 Å². The smallest absolute Gasteiger partial charge is 0.326 e. The number of thioether (sulfide) groups is 1. The van der Waals surface area contributed by atoms with Gasteiger partial charge >= 0.3 is 6.03 Å². The average Bonchev–Trinajstić information content (AvgIpc) is 2.78. The Balaban J connectivity index is 1.45. The van der Waals surface area contributed by atoms with E-state index in [-0.39, 0.29) is 24.3 Å². The molecule has 3 aromatic rings. The molecule has 0 fully saturated rings. The highest BCUT2D eigenvalue weighted by Crippen LogP contribution is 2.36. The molecule has 0 atom stereocenters. The number of carbonyl (C=O) groups is 2. The van der Waals surface area contributed by atoms with Crippen molar-refractivity contribution in [2.45, 2.75) is 25.4 Å². The summed E-state index contributed by atoms with van der Waals surface area (Å²) in [5.41, 5.74) is 4.51. The Morgan fingerprint density at radius 1 is 1.12 bits per heavy atom. The first kappa shape index (κ1) is 21.8. The number of nitrogens with zero attached hydrogens (tertiary/aromatic N) is 2. The van der Waals surface area contributed by atoms with Crippen molar-refractivity contribution >= 4 is 35.1 Å². The first-order chi connectivity index (χ1) is 15.4. The second-order valence-electron chi connectivity index (χ2n) is 7.55. The van der Waals surface area contributed by atoms with Crippen molar-refractivity contribution in [3.63, 3.8) is 0 Å². The summed E-state index contributed by atoms with van der Waals surface area (Å²) < 4.78 is 13.0. The Bertz CT molecular complexity index is 1170. The third-order valence-electron chi connectivity index (χ3n) is 5.09. The summed E-state index contributed by atoms with van der Waals surface area (Å²) in [7, 11) is 0. The molecule has 2 aromatic carbocycles. The lowest BCUT2D eigenvalue weighted by atomic mass is 10.1. The molecule has 0 aliphatic carbocycles. The van der Waals surface area contributed by atoms with E-state index < -0.39 is 0 Å². The van der Waals surface area contributed by atoms with E-state index in [1.165, 1.54) is 12.1 Å². The monoisotopic (exact) mass is 450 g/mol. The second kappa shape index (κ2) is 9.40. The van der Waals surface area contributed by atoms with Gasteiger partial charge in [-0.05, 0) is 61.4 Å². The van der Waals surface area contributed by atoms with Gasteiger partial charge in [-0.3, -0.25) is 9.69 Å². The van der Waals surface area contributed by atoms with Crippen LogP contribution in [0.15, 0.2) is 59.6 Å². The number of nitrogens with one attached hydrogen (secondary N) is 2. The zero-order valence-corrected chi connectivity index (χ0v) is 18.6. The minimum Gasteiger partial charge on any atom is -0.348 e. The first-order valence-corrected chi connectivity index (χ1v) is 11.2. The van der Waals surface area contributed by atoms with E-state index in [0.717, 1.165) is 33.3 Å². The van der Waals surface area contributed by atoms with Gasteiger partial charge in [0.1, 0.15) is 10.8 Å². The SMILES string of the molecule is Cc1cc(C)c2c(n1)SCCN2C(=O)Nc1cccc(C(=O)NCc2ccc(F)cc2)c1. The highest BCUT2D eigenvalue weighted by Gasteiger charge is 2.26. The number of pyridine rings is 1. The number of carbonyl (C=O) groups excluding carboxylic acids is 2. The van der Waals surface area contributed by atoms with E-state index in [2.05, 4.69) is 15.6 Å². The molecule has 6 nitrogen and oxygen atoms in total. The van der Waals surface area contributed by atoms with Crippen molar-refractivity contribution in [1.82, 2.24) is 10.3 Å². The number of benzene rings is 2. The van der Waals surface area contributed by atoms with E-state index in [1.54, 1.807) is 53.1 Å². The molecule has 1 aromatic heterocycles. The van der Waals surface area contributed by atoms with E-state index >= 15 is 0 Å². The molecule has 4 rings (SSSR count). The topological polar surface area (TPSA) is 74.3 Å². The van der Waals surface area contributed by atoms with Crippen molar-refractivity contribution < 1.29 is 14.0 Å². The molecule has 8 heteroatoms. The van der Waals surface area contributed by atoms with Gasteiger partial charge in [0, 0.05) is 35.8 Å². The predicted molar refractivity (Wildman–Crippen MR) is 125 cm³/mol. The molecular weight excluding hydrogens is 427 g/mol. The molecule has 0 radical (unpaired) electrons. The quantitative estimate of drug-likeness (QED) is 0.592. The number of halogens is 1. The van der Waals surface area contributed by atoms with Crippen molar-refractivity contribution in [2.24, 2.45) is 0 Å². The standard InChI is InChI=1S/C24H23FN4O2S/c1-15-12-16(2)27-23-21(15)29(10-11-32-23)24(31)28-20-5-3-4-18(13-20)22(30)26-14-17-6-8-19(25)9-7-17/h3-9,12-13H,10-11,14H2,1-2H3,(H,26,30)(H,28,31). The van der Waals surface area contributed by atoms with E-state index in [9.17, 15) is 14.0 Å². The number of hydrogen-bond acceptors (Lipinski definition) is 4. The maximum atomic E-state index is 13.0. The van der Waals surface area contributed by atoms with Crippen molar-refractivity contribution in [3.8, 4) is 0 Å². The highest BCUT2D eigenvalue weighted by molar-refractivity contribution is 7.99. The third-order valence-corrected chi connectivity index (χ3v) is 6.04. The van der Waals surface area contributed by atoms with E-state index in [4.69, 9.17) is 0 Å². The predicted octanol–water partition coefficient (Wildman–Crippen LogP) is 4.91. The molecule has 32 heavy (non-hydrogen) atoms. The van der Waals surface area contributed by atoms with Crippen LogP contribution in [0, 0.1) is 19.7 Å². The Kier molecular flexibility index (Phi) is 6.41. The van der Waals surface area contributed by atoms with Crippen molar-refractivity contribution in [1.29, 1.82) is 0 Å². The molecule has 2 N–H and O–H groups in total. The molecule has 3 amide bonds. The maximum absolute atomic E-state index is 13.0. The number of aromatic nitrogens is 1. The molecule has 0 unspecified atom stereocenters. The van der Waals surface area contributed by atoms with Crippen LogP contribution in [0.1, 0.15) is 27.2 Å². The van der Waals surface area contributed by atoms with Crippen LogP contribution < -0.4 is 15.5 Å². The number of anilines is 2. The van der Waals surface area contributed by atoms with E-state index in [0.29, 0.717) is 17.8 Å². The van der Waals surface area contributed by atoms with Crippen LogP contribution in [-0.2, 0) is 6.54 Å². The minimum atomic E-state index is -0.320. The number of rotatable bonds is 4. The van der Waals surface area contributed by atoms with Gasteiger partial charge in [0.05, 0.1) is 5.69 Å². The summed E-state index contributed by atoms with van der Waals surface area (Å²) in [6.07, 6.45) is 0. The molecule has 1 aliphatic heterocycles. The Morgan fingerprint density at radius 2 is 1.91 bits per heavy atom. The van der Waals surface area contributed by atoms with Crippen molar-refractivity contribution in [3.05, 3.63) is 82.8 Å². The van der Waals surface area contributed by atoms with Crippen LogP contribution in [0.2, 0.25) is 0 Å². The summed E-state index contributed by atoms with van der Waals surface area (Å²) in [6, 6.07) is 14.4. The Morgan fingerprint density at radius 3 is 2.69 bits per heavy atom. The lowest BCUT2D eigenvalue weighted by Crippen LogP contribution is -2.39. The number of amides is 3. The van der Waals surface area contributed by atoms with Gasteiger partial charge in [0.25, 0.3) is 5.91 Å². The highest BCUT2D eigenvalue weighted by atomic mass is 32.2. The first-order valence-electron chi connectivity index (χ1n) is 10.2. The molecule has 1 aliphatic rings. The Labute approximate surface area is 190 Å². The number of fused-ring (bicyclic) bond motifs is 1. The fourth-order valence-corrected chi connectivity index (χ4v) is 4.67. The maximum Gasteiger partial charge on any atom is 0.326 e. The largest absolute Gasteiger partial charge is 0.348 e. The number of hydrogen-bond donors (Lipinski definition) is 2. The lowest BCUT2D eigenvalue weighted by Gasteiger charge is -2.30. The average molecular weight is 451 g/mol. The van der Waals surface area contributed by atoms with Gasteiger partial charge < -0.3 is 10.6 Å². The molecule has 0 spiro atoms. The van der Waals surface area contributed by atoms with Crippen LogP contribution in [0.25, 0.3) is 0 Å². The van der Waals surface area contributed by atoms with Crippen molar-refractivity contribution in [2.75, 3.05) is 22.5 Å². The molecule has 164 valence electrons. The van der Waals surface area contributed by atoms with E-state index in [1.807, 2.05) is 19.9 Å². The van der Waals surface area contributed by atoms with Gasteiger partial charge in [0.2, 0.25) is 0 Å². The fourth-order valence-electron chi connectivity index (χ4n) is 3.59. The zero-order valence-electron chi connectivity index (χ0n) is 17.8. The van der Waals surface area contributed by atoms with Crippen LogP contribution in [0.3, 0.4) is 0 Å². The molecule has 2 heterocycles. The molecule has 0 saturated carbocycles. The summed E-state index contributed by atoms with van der Waals surface area (Å²) in [4.78, 5) is 31.9. The lowest BCUT2D eigenvalue weighted by molar-refractivity contribution is 0.0951. The summed E-state index contributed by atoms with van der Waals surface area (Å²) >= 11 is 1.65. The molecular formula is C24H23FN4O2S.